The summed E-state index contributed by atoms with van der Waals surface area (Å²) in [6.45, 7) is 0.611. The van der Waals surface area contributed by atoms with Gasteiger partial charge in [-0.15, -0.1) is 0 Å². The second-order valence-corrected chi connectivity index (χ2v) is 3.79. The summed E-state index contributed by atoms with van der Waals surface area (Å²) in [7, 11) is 0. The maximum absolute atomic E-state index is 10.6. The van der Waals surface area contributed by atoms with Crippen molar-refractivity contribution in [2.24, 2.45) is 0 Å². The molecule has 1 aliphatic rings. The number of nitro groups is 1. The molecular weight excluding hydrogens is 226 g/mol. The van der Waals surface area contributed by atoms with Gasteiger partial charge in [-0.3, -0.25) is 10.1 Å². The molecule has 0 spiro atoms. The average molecular weight is 239 g/mol. The number of benzene rings is 1. The largest absolute Gasteiger partial charge is 0.500 e. The Morgan fingerprint density at radius 3 is 2.94 bits per heavy atom. The summed E-state index contributed by atoms with van der Waals surface area (Å²) in [6.07, 6.45) is 2.26. The molecule has 1 aromatic rings. The van der Waals surface area contributed by atoms with Gasteiger partial charge >= 0.3 is 5.69 Å². The van der Waals surface area contributed by atoms with Crippen molar-refractivity contribution in [1.29, 1.82) is 0 Å². The molecule has 1 aliphatic heterocycles. The Balaban J connectivity index is 2.15. The van der Waals surface area contributed by atoms with E-state index in [0.717, 1.165) is 19.3 Å². The van der Waals surface area contributed by atoms with Gasteiger partial charge in [-0.05, 0) is 18.9 Å². The predicted molar refractivity (Wildman–Crippen MR) is 59.0 cm³/mol. The summed E-state index contributed by atoms with van der Waals surface area (Å²) >= 11 is 0. The quantitative estimate of drug-likeness (QED) is 0.645. The van der Waals surface area contributed by atoms with Crippen LogP contribution in [0, 0.1) is 10.1 Å². The van der Waals surface area contributed by atoms with Crippen LogP contribution in [-0.2, 0) is 4.74 Å². The molecule has 1 unspecified atom stereocenters. The molecule has 17 heavy (non-hydrogen) atoms. The number of phenolic OH excluding ortho intramolecular Hbond substituents is 1. The Morgan fingerprint density at radius 1 is 1.47 bits per heavy atom. The molecular formula is C11H13NO5. The van der Waals surface area contributed by atoms with E-state index < -0.39 is 17.0 Å². The molecule has 92 valence electrons. The molecule has 1 aromatic carbocycles. The van der Waals surface area contributed by atoms with Crippen LogP contribution < -0.4 is 4.74 Å². The van der Waals surface area contributed by atoms with Gasteiger partial charge in [0.1, 0.15) is 0 Å². The topological polar surface area (TPSA) is 81.8 Å². The minimum Gasteiger partial charge on any atom is -0.500 e. The van der Waals surface area contributed by atoms with E-state index in [-0.39, 0.29) is 11.4 Å². The van der Waals surface area contributed by atoms with Crippen molar-refractivity contribution in [3.8, 4) is 11.5 Å². The molecule has 0 saturated carbocycles. The van der Waals surface area contributed by atoms with Crippen molar-refractivity contribution in [2.45, 2.75) is 25.6 Å². The Labute approximate surface area is 97.9 Å². The van der Waals surface area contributed by atoms with Gasteiger partial charge in [0.25, 0.3) is 0 Å². The minimum atomic E-state index is -0.649. The van der Waals surface area contributed by atoms with Crippen LogP contribution in [0.4, 0.5) is 5.69 Å². The lowest BCUT2D eigenvalue weighted by Gasteiger charge is -2.23. The molecule has 0 aromatic heterocycles. The smallest absolute Gasteiger partial charge is 0.314 e. The van der Waals surface area contributed by atoms with Gasteiger partial charge in [-0.1, -0.05) is 6.07 Å². The first-order valence-corrected chi connectivity index (χ1v) is 5.43. The van der Waals surface area contributed by atoms with Crippen LogP contribution in [0.5, 0.6) is 11.5 Å². The van der Waals surface area contributed by atoms with E-state index in [2.05, 4.69) is 0 Å². The fraction of sp³-hybridized carbons (Fsp3) is 0.455. The lowest BCUT2D eigenvalue weighted by Crippen LogP contribution is -2.25. The van der Waals surface area contributed by atoms with Gasteiger partial charge in [0.05, 0.1) is 11.5 Å². The van der Waals surface area contributed by atoms with E-state index >= 15 is 0 Å². The van der Waals surface area contributed by atoms with Gasteiger partial charge in [0.15, 0.2) is 12.0 Å². The van der Waals surface area contributed by atoms with E-state index in [9.17, 15) is 15.2 Å². The van der Waals surface area contributed by atoms with E-state index in [4.69, 9.17) is 9.47 Å². The highest BCUT2D eigenvalue weighted by Crippen LogP contribution is 2.36. The second-order valence-electron chi connectivity index (χ2n) is 3.79. The van der Waals surface area contributed by atoms with Crippen LogP contribution in [0.15, 0.2) is 18.2 Å². The maximum Gasteiger partial charge on any atom is 0.314 e. The zero-order valence-corrected chi connectivity index (χ0v) is 9.17. The van der Waals surface area contributed by atoms with Crippen molar-refractivity contribution >= 4 is 5.69 Å². The molecule has 1 fully saturated rings. The van der Waals surface area contributed by atoms with Crippen LogP contribution in [0.2, 0.25) is 0 Å². The second kappa shape index (κ2) is 5.01. The number of nitro benzene ring substituents is 1. The molecule has 0 aliphatic carbocycles. The molecule has 2 rings (SSSR count). The van der Waals surface area contributed by atoms with Gasteiger partial charge < -0.3 is 14.6 Å². The number of ether oxygens (including phenoxy) is 2. The zero-order chi connectivity index (χ0) is 12.3. The Kier molecular flexibility index (Phi) is 3.43. The number of hydrogen-bond acceptors (Lipinski definition) is 5. The number of hydrogen-bond donors (Lipinski definition) is 1. The third-order valence-corrected chi connectivity index (χ3v) is 2.57. The standard InChI is InChI=1S/C11H13NO5/c13-11-8(12(14)15)4-3-5-9(11)17-10-6-1-2-7-16-10/h3-5,10,13H,1-2,6-7H2. The zero-order valence-electron chi connectivity index (χ0n) is 9.17. The van der Waals surface area contributed by atoms with E-state index in [1.165, 1.54) is 18.2 Å². The van der Waals surface area contributed by atoms with Crippen molar-refractivity contribution in [1.82, 2.24) is 0 Å². The highest BCUT2D eigenvalue weighted by molar-refractivity contribution is 5.54. The molecule has 6 nitrogen and oxygen atoms in total. The first kappa shape index (κ1) is 11.7. The molecule has 6 heteroatoms. The Hall–Kier alpha value is -1.82. The van der Waals surface area contributed by atoms with Gasteiger partial charge in [-0.25, -0.2) is 0 Å². The molecule has 0 bridgehead atoms. The van der Waals surface area contributed by atoms with Crippen LogP contribution in [0.3, 0.4) is 0 Å². The lowest BCUT2D eigenvalue weighted by atomic mass is 10.2. The number of phenols is 1. The number of nitrogens with zero attached hydrogens (tertiary/aromatic N) is 1. The van der Waals surface area contributed by atoms with Crippen LogP contribution >= 0.6 is 0 Å². The molecule has 1 N–H and O–H groups in total. The fourth-order valence-electron chi connectivity index (χ4n) is 1.70. The minimum absolute atomic E-state index is 0.0890. The van der Waals surface area contributed by atoms with Crippen molar-refractivity contribution in [3.63, 3.8) is 0 Å². The van der Waals surface area contributed by atoms with Gasteiger partial charge in [0, 0.05) is 12.5 Å². The van der Waals surface area contributed by atoms with Crippen molar-refractivity contribution in [2.75, 3.05) is 6.61 Å². The van der Waals surface area contributed by atoms with E-state index in [0.29, 0.717) is 6.61 Å². The Morgan fingerprint density at radius 2 is 2.29 bits per heavy atom. The van der Waals surface area contributed by atoms with Gasteiger partial charge in [0.2, 0.25) is 5.75 Å². The summed E-state index contributed by atoms with van der Waals surface area (Å²) in [5.41, 5.74) is -0.363. The third-order valence-electron chi connectivity index (χ3n) is 2.57. The summed E-state index contributed by atoms with van der Waals surface area (Å²) in [6, 6.07) is 4.18. The lowest BCUT2D eigenvalue weighted by molar-refractivity contribution is -0.386. The normalized spacial score (nSPS) is 19.9. The number of para-hydroxylation sites is 1. The summed E-state index contributed by atoms with van der Waals surface area (Å²) in [5, 5.41) is 20.3. The molecule has 0 radical (unpaired) electrons. The molecule has 1 atom stereocenters. The maximum atomic E-state index is 10.6. The van der Waals surface area contributed by atoms with Gasteiger partial charge in [-0.2, -0.15) is 0 Å². The first-order chi connectivity index (χ1) is 8.18. The molecule has 0 amide bonds. The number of aromatic hydroxyl groups is 1. The Bertz CT molecular complexity index is 414. The van der Waals surface area contributed by atoms with Crippen LogP contribution in [-0.4, -0.2) is 22.9 Å². The van der Waals surface area contributed by atoms with Crippen molar-refractivity contribution in [3.05, 3.63) is 28.3 Å². The van der Waals surface area contributed by atoms with Crippen molar-refractivity contribution < 1.29 is 19.5 Å². The first-order valence-electron chi connectivity index (χ1n) is 5.43. The third kappa shape index (κ3) is 2.65. The molecule has 1 heterocycles. The number of rotatable bonds is 3. The molecule has 1 saturated heterocycles. The highest BCUT2D eigenvalue weighted by Gasteiger charge is 2.21. The summed E-state index contributed by atoms with van der Waals surface area (Å²) in [5.74, 6) is -0.363. The monoisotopic (exact) mass is 239 g/mol. The average Bonchev–Trinajstić information content (AvgIpc) is 2.33. The summed E-state index contributed by atoms with van der Waals surface area (Å²) in [4.78, 5) is 9.98. The predicted octanol–water partition coefficient (Wildman–Crippen LogP) is 2.21. The fourth-order valence-corrected chi connectivity index (χ4v) is 1.70. The SMILES string of the molecule is O=[N+]([O-])c1cccc(OC2CCCCO2)c1O. The highest BCUT2D eigenvalue weighted by atomic mass is 16.7. The van der Waals surface area contributed by atoms with E-state index in [1.54, 1.807) is 0 Å². The van der Waals surface area contributed by atoms with Crippen LogP contribution in [0.1, 0.15) is 19.3 Å². The van der Waals surface area contributed by atoms with Crippen LogP contribution in [0.25, 0.3) is 0 Å². The summed E-state index contributed by atoms with van der Waals surface area (Å²) < 4.78 is 10.7. The van der Waals surface area contributed by atoms with E-state index in [1.807, 2.05) is 0 Å².